The van der Waals surface area contributed by atoms with Crippen molar-refractivity contribution in [1.29, 1.82) is 0 Å². The predicted molar refractivity (Wildman–Crippen MR) is 63.1 cm³/mol. The molecule has 1 aromatic rings. The zero-order valence-corrected chi connectivity index (χ0v) is 9.84. The van der Waals surface area contributed by atoms with Crippen molar-refractivity contribution in [3.63, 3.8) is 0 Å². The van der Waals surface area contributed by atoms with Crippen LogP contribution in [0.25, 0.3) is 0 Å². The van der Waals surface area contributed by atoms with E-state index in [0.717, 1.165) is 0 Å². The van der Waals surface area contributed by atoms with Crippen LogP contribution in [0.4, 0.5) is 5.69 Å². The smallest absolute Gasteiger partial charge is 0.273 e. The number of hydrogen-bond acceptors (Lipinski definition) is 3. The topological polar surface area (TPSA) is 72.2 Å². The van der Waals surface area contributed by atoms with Gasteiger partial charge in [0, 0.05) is 23.7 Å². The van der Waals surface area contributed by atoms with Gasteiger partial charge in [-0.15, -0.1) is 12.4 Å². The van der Waals surface area contributed by atoms with Crippen molar-refractivity contribution >= 4 is 24.0 Å². The zero-order chi connectivity index (χ0) is 11.4. The molecule has 6 heteroatoms. The Morgan fingerprint density at radius 2 is 2.12 bits per heavy atom. The standard InChI is InChI=1S/C10H12N2O3.ClH/c1-3-11-10(13)8-5-4-7(2)9(6-8)12(14)15;/h4-6H,3H2,1-2H3,(H,11,13);1H. The second-order valence-corrected chi connectivity index (χ2v) is 3.12. The van der Waals surface area contributed by atoms with Crippen molar-refractivity contribution in [2.24, 2.45) is 0 Å². The summed E-state index contributed by atoms with van der Waals surface area (Å²) >= 11 is 0. The van der Waals surface area contributed by atoms with E-state index < -0.39 is 4.92 Å². The fourth-order valence-corrected chi connectivity index (χ4v) is 1.21. The summed E-state index contributed by atoms with van der Waals surface area (Å²) in [6, 6.07) is 4.44. The average molecular weight is 245 g/mol. The number of hydrogen-bond donors (Lipinski definition) is 1. The molecule has 0 aliphatic rings. The van der Waals surface area contributed by atoms with E-state index in [4.69, 9.17) is 0 Å². The minimum Gasteiger partial charge on any atom is -0.352 e. The first-order valence-electron chi connectivity index (χ1n) is 4.59. The molecule has 1 N–H and O–H groups in total. The minimum absolute atomic E-state index is 0. The Bertz CT molecular complexity index is 407. The fourth-order valence-electron chi connectivity index (χ4n) is 1.21. The van der Waals surface area contributed by atoms with E-state index >= 15 is 0 Å². The van der Waals surface area contributed by atoms with E-state index in [2.05, 4.69) is 5.32 Å². The van der Waals surface area contributed by atoms with Crippen molar-refractivity contribution in [2.75, 3.05) is 6.54 Å². The second-order valence-electron chi connectivity index (χ2n) is 3.12. The van der Waals surface area contributed by atoms with Gasteiger partial charge in [0.05, 0.1) is 4.92 Å². The van der Waals surface area contributed by atoms with Crippen molar-refractivity contribution in [3.05, 3.63) is 39.4 Å². The first-order valence-corrected chi connectivity index (χ1v) is 4.59. The van der Waals surface area contributed by atoms with Crippen LogP contribution in [0.5, 0.6) is 0 Å². The van der Waals surface area contributed by atoms with Crippen molar-refractivity contribution in [1.82, 2.24) is 5.32 Å². The molecule has 0 unspecified atom stereocenters. The van der Waals surface area contributed by atoms with E-state index in [0.29, 0.717) is 17.7 Å². The monoisotopic (exact) mass is 244 g/mol. The molecular weight excluding hydrogens is 232 g/mol. The van der Waals surface area contributed by atoms with Crippen LogP contribution >= 0.6 is 12.4 Å². The van der Waals surface area contributed by atoms with E-state index in [1.807, 2.05) is 0 Å². The number of carbonyl (C=O) groups is 1. The fraction of sp³-hybridized carbons (Fsp3) is 0.300. The van der Waals surface area contributed by atoms with Crippen molar-refractivity contribution < 1.29 is 9.72 Å². The Balaban J connectivity index is 0.00000225. The third-order valence-corrected chi connectivity index (χ3v) is 2.01. The summed E-state index contributed by atoms with van der Waals surface area (Å²) in [4.78, 5) is 21.5. The molecule has 88 valence electrons. The molecule has 0 aromatic heterocycles. The van der Waals surface area contributed by atoms with Gasteiger partial charge in [-0.3, -0.25) is 14.9 Å². The third kappa shape index (κ3) is 3.20. The highest BCUT2D eigenvalue weighted by Gasteiger charge is 2.14. The molecule has 0 atom stereocenters. The van der Waals surface area contributed by atoms with Gasteiger partial charge in [0.1, 0.15) is 0 Å². The number of aryl methyl sites for hydroxylation is 1. The maximum absolute atomic E-state index is 11.4. The van der Waals surface area contributed by atoms with Gasteiger partial charge in [-0.25, -0.2) is 0 Å². The molecule has 0 bridgehead atoms. The van der Waals surface area contributed by atoms with Crippen LogP contribution < -0.4 is 5.32 Å². The molecule has 0 spiro atoms. The summed E-state index contributed by atoms with van der Waals surface area (Å²) in [6.07, 6.45) is 0. The number of benzene rings is 1. The molecule has 5 nitrogen and oxygen atoms in total. The lowest BCUT2D eigenvalue weighted by Gasteiger charge is -2.03. The van der Waals surface area contributed by atoms with Gasteiger partial charge in [0.15, 0.2) is 0 Å². The van der Waals surface area contributed by atoms with Crippen LogP contribution in [0.2, 0.25) is 0 Å². The number of nitro groups is 1. The van der Waals surface area contributed by atoms with Gasteiger partial charge in [0.25, 0.3) is 11.6 Å². The average Bonchev–Trinajstić information content (AvgIpc) is 2.18. The molecule has 0 aliphatic carbocycles. The quantitative estimate of drug-likeness (QED) is 0.654. The molecule has 0 heterocycles. The van der Waals surface area contributed by atoms with Crippen molar-refractivity contribution in [2.45, 2.75) is 13.8 Å². The summed E-state index contributed by atoms with van der Waals surface area (Å²) in [5.74, 6) is -0.291. The van der Waals surface area contributed by atoms with Crippen LogP contribution in [-0.2, 0) is 0 Å². The molecule has 0 fully saturated rings. The lowest BCUT2D eigenvalue weighted by atomic mass is 10.1. The first-order chi connectivity index (χ1) is 7.06. The van der Waals surface area contributed by atoms with Gasteiger partial charge in [0.2, 0.25) is 0 Å². The largest absolute Gasteiger partial charge is 0.352 e. The van der Waals surface area contributed by atoms with Gasteiger partial charge in [-0.1, -0.05) is 6.07 Å². The number of carbonyl (C=O) groups excluding carboxylic acids is 1. The SMILES string of the molecule is CCNC(=O)c1ccc(C)c([N+](=O)[O-])c1.Cl. The Kier molecular flexibility index (Phi) is 5.46. The molecule has 0 saturated heterocycles. The highest BCUT2D eigenvalue weighted by atomic mass is 35.5. The first kappa shape index (κ1) is 14.4. The van der Waals surface area contributed by atoms with E-state index in [1.54, 1.807) is 26.0 Å². The van der Waals surface area contributed by atoms with E-state index in [1.165, 1.54) is 6.07 Å². The number of nitro benzene ring substituents is 1. The third-order valence-electron chi connectivity index (χ3n) is 2.01. The maximum atomic E-state index is 11.4. The summed E-state index contributed by atoms with van der Waals surface area (Å²) in [6.45, 7) is 3.93. The molecule has 1 rings (SSSR count). The number of nitrogens with one attached hydrogen (secondary N) is 1. The van der Waals surface area contributed by atoms with Gasteiger partial charge >= 0.3 is 0 Å². The highest BCUT2D eigenvalue weighted by molar-refractivity contribution is 5.94. The van der Waals surface area contributed by atoms with Crippen LogP contribution in [0.1, 0.15) is 22.8 Å². The van der Waals surface area contributed by atoms with Gasteiger partial charge in [-0.2, -0.15) is 0 Å². The molecule has 1 aromatic carbocycles. The normalized spacial score (nSPS) is 9.12. The molecular formula is C10H13ClN2O3. The summed E-state index contributed by atoms with van der Waals surface area (Å²) in [7, 11) is 0. The van der Waals surface area contributed by atoms with Gasteiger partial charge in [-0.05, 0) is 19.9 Å². The van der Waals surface area contributed by atoms with Crippen molar-refractivity contribution in [3.8, 4) is 0 Å². The summed E-state index contributed by atoms with van der Waals surface area (Å²) < 4.78 is 0. The zero-order valence-electron chi connectivity index (χ0n) is 9.02. The number of halogens is 1. The molecule has 16 heavy (non-hydrogen) atoms. The second kappa shape index (κ2) is 6.07. The Hall–Kier alpha value is -1.62. The van der Waals surface area contributed by atoms with Crippen LogP contribution in [0.3, 0.4) is 0 Å². The molecule has 0 aliphatic heterocycles. The van der Waals surface area contributed by atoms with Crippen LogP contribution in [-0.4, -0.2) is 17.4 Å². The predicted octanol–water partition coefficient (Wildman–Crippen LogP) is 2.07. The molecule has 0 radical (unpaired) electrons. The number of rotatable bonds is 3. The lowest BCUT2D eigenvalue weighted by Crippen LogP contribution is -2.22. The van der Waals surface area contributed by atoms with Gasteiger partial charge < -0.3 is 5.32 Å². The summed E-state index contributed by atoms with van der Waals surface area (Å²) in [5.41, 5.74) is 0.834. The minimum atomic E-state index is -0.488. The number of amides is 1. The van der Waals surface area contributed by atoms with E-state index in [-0.39, 0.29) is 24.0 Å². The molecule has 0 saturated carbocycles. The Labute approximate surface area is 99.4 Å². The van der Waals surface area contributed by atoms with Crippen LogP contribution in [0.15, 0.2) is 18.2 Å². The summed E-state index contributed by atoms with van der Waals surface area (Å²) in [5, 5.41) is 13.2. The highest BCUT2D eigenvalue weighted by Crippen LogP contribution is 2.18. The van der Waals surface area contributed by atoms with E-state index in [9.17, 15) is 14.9 Å². The maximum Gasteiger partial charge on any atom is 0.273 e. The molecule has 1 amide bonds. The Morgan fingerprint density at radius 1 is 1.50 bits per heavy atom. The number of nitrogens with zero attached hydrogens (tertiary/aromatic N) is 1. The lowest BCUT2D eigenvalue weighted by molar-refractivity contribution is -0.385. The Morgan fingerprint density at radius 3 is 2.62 bits per heavy atom. The van der Waals surface area contributed by atoms with Crippen LogP contribution in [0, 0.1) is 17.0 Å².